The molecule has 0 atom stereocenters. The molecule has 0 aliphatic rings. The fourth-order valence-corrected chi connectivity index (χ4v) is 1.61. The number of hydrogen-bond donors (Lipinski definition) is 0. The van der Waals surface area contributed by atoms with Crippen LogP contribution in [-0.2, 0) is 6.42 Å². The van der Waals surface area contributed by atoms with Gasteiger partial charge in [0, 0.05) is 10.6 Å². The van der Waals surface area contributed by atoms with Crippen molar-refractivity contribution in [1.82, 2.24) is 0 Å². The largest absolute Gasteiger partial charge is 0.0776 e. The first-order valence-electron chi connectivity index (χ1n) is 5.06. The van der Waals surface area contributed by atoms with Gasteiger partial charge in [0.15, 0.2) is 0 Å². The van der Waals surface area contributed by atoms with E-state index in [0.29, 0.717) is 5.69 Å². The molecule has 86 valence electrons. The van der Waals surface area contributed by atoms with Crippen molar-refractivity contribution in [2.45, 2.75) is 13.8 Å². The zero-order valence-corrected chi connectivity index (χ0v) is 8.74. The molecule has 0 amide bonds. The Morgan fingerprint density at radius 3 is 2.35 bits per heavy atom. The van der Waals surface area contributed by atoms with Gasteiger partial charge in [0.05, 0.1) is 0 Å². The fourth-order valence-electron chi connectivity index (χ4n) is 1.61. The highest BCUT2D eigenvalue weighted by Crippen LogP contribution is 2.16. The van der Waals surface area contributed by atoms with Gasteiger partial charge >= 0.3 is 0 Å². The summed E-state index contributed by atoms with van der Waals surface area (Å²) < 4.78 is 0. The molecule has 0 aliphatic carbocycles. The molecule has 2 aromatic rings. The minimum Gasteiger partial charge on any atom is -0.0776 e. The Bertz CT molecular complexity index is 514. The van der Waals surface area contributed by atoms with Crippen LogP contribution in [0.25, 0.3) is 10.4 Å². The zero-order valence-electron chi connectivity index (χ0n) is 8.74. The monoisotopic (exact) mass is 225 g/mol. The van der Waals surface area contributed by atoms with Gasteiger partial charge in [-0.25, -0.2) is 0 Å². The summed E-state index contributed by atoms with van der Waals surface area (Å²) in [7, 11) is 0. The molecule has 0 saturated heterocycles. The molecule has 0 aliphatic heterocycles. The maximum absolute atomic E-state index is 8.36. The van der Waals surface area contributed by atoms with E-state index in [-0.39, 0.29) is 7.43 Å². The van der Waals surface area contributed by atoms with E-state index in [2.05, 4.69) is 22.2 Å². The molecule has 2 rings (SSSR count). The van der Waals surface area contributed by atoms with Crippen molar-refractivity contribution in [2.75, 3.05) is 0 Å². The van der Waals surface area contributed by atoms with Crippen molar-refractivity contribution in [3.8, 4) is 0 Å². The molecule has 0 N–H and O–H groups in total. The highest BCUT2D eigenvalue weighted by molar-refractivity contribution is 5.41. The van der Waals surface area contributed by atoms with E-state index < -0.39 is 0 Å². The van der Waals surface area contributed by atoms with Crippen molar-refractivity contribution in [3.63, 3.8) is 0 Å². The maximum atomic E-state index is 8.36. The summed E-state index contributed by atoms with van der Waals surface area (Å²) in [5, 5.41) is 3.59. The van der Waals surface area contributed by atoms with Crippen LogP contribution in [0.2, 0.25) is 0 Å². The van der Waals surface area contributed by atoms with Gasteiger partial charge < -0.3 is 0 Å². The Balaban J connectivity index is 0.00000144. The molecule has 3 heteroatoms. The number of rotatable bonds is 3. The lowest BCUT2D eigenvalue weighted by Gasteiger charge is -2.02. The average molecular weight is 225 g/mol. The molecule has 0 unspecified atom stereocenters. The summed E-state index contributed by atoms with van der Waals surface area (Å²) in [5.41, 5.74) is 11.4. The minimum absolute atomic E-state index is 0. The van der Waals surface area contributed by atoms with E-state index in [1.807, 2.05) is 36.4 Å². The molecule has 0 fully saturated rings. The average Bonchev–Trinajstić information content (AvgIpc) is 2.31. The molecule has 17 heavy (non-hydrogen) atoms. The number of azide groups is 1. The number of hydrogen-bond acceptors (Lipinski definition) is 1. The van der Waals surface area contributed by atoms with E-state index in [9.17, 15) is 0 Å². The Labute approximate surface area is 101 Å². The summed E-state index contributed by atoms with van der Waals surface area (Å²) in [4.78, 5) is 2.78. The molecule has 0 bridgehead atoms. The smallest absolute Gasteiger partial charge is 0.0378 e. The highest BCUT2D eigenvalue weighted by atomic mass is 15.1. The molecule has 0 radical (unpaired) electrons. The van der Waals surface area contributed by atoms with Crippen LogP contribution in [0.3, 0.4) is 0 Å². The van der Waals surface area contributed by atoms with Crippen molar-refractivity contribution >= 4 is 5.69 Å². The predicted octanol–water partition coefficient (Wildman–Crippen LogP) is 4.86. The lowest BCUT2D eigenvalue weighted by Crippen LogP contribution is -1.86. The normalized spacial score (nSPS) is 8.94. The van der Waals surface area contributed by atoms with Crippen LogP contribution in [0.4, 0.5) is 5.69 Å². The van der Waals surface area contributed by atoms with E-state index in [4.69, 9.17) is 5.53 Å². The first-order chi connectivity index (χ1) is 7.88. The maximum Gasteiger partial charge on any atom is 0.0378 e. The molecule has 2 aromatic carbocycles. The van der Waals surface area contributed by atoms with Crippen molar-refractivity contribution < 1.29 is 0 Å². The second kappa shape index (κ2) is 6.36. The van der Waals surface area contributed by atoms with Gasteiger partial charge in [-0.1, -0.05) is 61.1 Å². The second-order valence-electron chi connectivity index (χ2n) is 3.52. The lowest BCUT2D eigenvalue weighted by atomic mass is 10.0. The van der Waals surface area contributed by atoms with Gasteiger partial charge in [-0.05, 0) is 29.1 Å². The van der Waals surface area contributed by atoms with Crippen LogP contribution in [0.1, 0.15) is 18.6 Å². The standard InChI is InChI=1S/C13H11N3.CH4/c14-16-15-13-8-4-7-12(10-13)9-11-5-2-1-3-6-11;/h1-8,10H,9H2;1H4. The van der Waals surface area contributed by atoms with Gasteiger partial charge in [-0.2, -0.15) is 0 Å². The molecule has 0 spiro atoms. The second-order valence-corrected chi connectivity index (χ2v) is 3.52. The topological polar surface area (TPSA) is 48.8 Å². The molecule has 3 nitrogen and oxygen atoms in total. The van der Waals surface area contributed by atoms with E-state index in [1.165, 1.54) is 5.56 Å². The summed E-state index contributed by atoms with van der Waals surface area (Å²) in [5.74, 6) is 0. The molecule has 0 saturated carbocycles. The van der Waals surface area contributed by atoms with Crippen LogP contribution in [-0.4, -0.2) is 0 Å². The van der Waals surface area contributed by atoms with Gasteiger partial charge in [0.2, 0.25) is 0 Å². The zero-order chi connectivity index (χ0) is 11.2. The van der Waals surface area contributed by atoms with Crippen LogP contribution in [0.15, 0.2) is 59.7 Å². The predicted molar refractivity (Wildman–Crippen MR) is 71.2 cm³/mol. The number of nitrogens with zero attached hydrogens (tertiary/aromatic N) is 3. The Morgan fingerprint density at radius 2 is 1.65 bits per heavy atom. The Morgan fingerprint density at radius 1 is 0.941 bits per heavy atom. The van der Waals surface area contributed by atoms with Gasteiger partial charge in [0.1, 0.15) is 0 Å². The van der Waals surface area contributed by atoms with Crippen LogP contribution in [0.5, 0.6) is 0 Å². The molecule has 0 aromatic heterocycles. The van der Waals surface area contributed by atoms with Crippen LogP contribution >= 0.6 is 0 Å². The van der Waals surface area contributed by atoms with Crippen molar-refractivity contribution in [2.24, 2.45) is 5.11 Å². The summed E-state index contributed by atoms with van der Waals surface area (Å²) >= 11 is 0. The van der Waals surface area contributed by atoms with E-state index in [0.717, 1.165) is 12.0 Å². The lowest BCUT2D eigenvalue weighted by molar-refractivity contribution is 1.19. The Kier molecular flexibility index (Phi) is 4.79. The van der Waals surface area contributed by atoms with Crippen molar-refractivity contribution in [1.29, 1.82) is 0 Å². The van der Waals surface area contributed by atoms with Gasteiger partial charge in [0.25, 0.3) is 0 Å². The summed E-state index contributed by atoms with van der Waals surface area (Å²) in [6, 6.07) is 17.9. The van der Waals surface area contributed by atoms with E-state index in [1.54, 1.807) is 6.07 Å². The van der Waals surface area contributed by atoms with Crippen LogP contribution < -0.4 is 0 Å². The highest BCUT2D eigenvalue weighted by Gasteiger charge is 1.96. The first kappa shape index (κ1) is 12.8. The molecule has 0 heterocycles. The molecular formula is C14H15N3. The third kappa shape index (κ3) is 3.67. The summed E-state index contributed by atoms with van der Waals surface area (Å²) in [6.45, 7) is 0. The van der Waals surface area contributed by atoms with Gasteiger partial charge in [-0.3, -0.25) is 0 Å². The fraction of sp³-hybridized carbons (Fsp3) is 0.143. The molecular weight excluding hydrogens is 210 g/mol. The quantitative estimate of drug-likeness (QED) is 0.407. The summed E-state index contributed by atoms with van der Waals surface area (Å²) in [6.07, 6.45) is 0.857. The number of benzene rings is 2. The van der Waals surface area contributed by atoms with Gasteiger partial charge in [-0.15, -0.1) is 0 Å². The Hall–Kier alpha value is -2.25. The first-order valence-corrected chi connectivity index (χ1v) is 5.06. The minimum atomic E-state index is 0. The SMILES string of the molecule is C.[N-]=[N+]=Nc1cccc(Cc2ccccc2)c1. The van der Waals surface area contributed by atoms with E-state index >= 15 is 0 Å². The third-order valence-corrected chi connectivity index (χ3v) is 2.32. The third-order valence-electron chi connectivity index (χ3n) is 2.32. The van der Waals surface area contributed by atoms with Crippen molar-refractivity contribution in [3.05, 3.63) is 76.2 Å². The van der Waals surface area contributed by atoms with Crippen LogP contribution in [0, 0.1) is 0 Å².